The van der Waals surface area contributed by atoms with E-state index in [1.807, 2.05) is 18.2 Å². The van der Waals surface area contributed by atoms with Crippen LogP contribution >= 0.6 is 7.82 Å². The molecular weight excluding hydrogens is 749 g/mol. The quantitative estimate of drug-likeness (QED) is 0.0151. The predicted octanol–water partition coefficient (Wildman–Crippen LogP) is 10.1. The van der Waals surface area contributed by atoms with Gasteiger partial charge in [-0.2, -0.15) is 0 Å². The van der Waals surface area contributed by atoms with E-state index >= 15 is 0 Å². The molecule has 0 aliphatic carbocycles. The summed E-state index contributed by atoms with van der Waals surface area (Å²) in [4.78, 5) is 45.9. The highest BCUT2D eigenvalue weighted by atomic mass is 31.2. The summed E-state index contributed by atoms with van der Waals surface area (Å²) < 4.78 is 32.6. The van der Waals surface area contributed by atoms with E-state index in [1.54, 1.807) is 6.08 Å². The Morgan fingerprint density at radius 2 is 1.19 bits per heavy atom. The highest BCUT2D eigenvalue weighted by Crippen LogP contribution is 2.43. The smallest absolute Gasteiger partial charge is 0.472 e. The molecule has 4 atom stereocenters. The Morgan fingerprint density at radius 3 is 1.82 bits per heavy atom. The molecule has 0 saturated carbocycles. The van der Waals surface area contributed by atoms with Gasteiger partial charge >= 0.3 is 25.7 Å². The van der Waals surface area contributed by atoms with Gasteiger partial charge in [0.15, 0.2) is 6.10 Å². The van der Waals surface area contributed by atoms with Crippen LogP contribution < -0.4 is 5.73 Å². The van der Waals surface area contributed by atoms with Crippen LogP contribution in [0.1, 0.15) is 162 Å². The van der Waals surface area contributed by atoms with Gasteiger partial charge in [-0.15, -0.1) is 0 Å². The zero-order valence-corrected chi connectivity index (χ0v) is 35.9. The Labute approximate surface area is 343 Å². The van der Waals surface area contributed by atoms with Crippen molar-refractivity contribution in [3.63, 3.8) is 0 Å². The van der Waals surface area contributed by atoms with Crippen molar-refractivity contribution >= 4 is 25.7 Å². The van der Waals surface area contributed by atoms with Crippen LogP contribution in [0.3, 0.4) is 0 Å². The van der Waals surface area contributed by atoms with Crippen molar-refractivity contribution in [1.29, 1.82) is 0 Å². The maximum atomic E-state index is 12.6. The van der Waals surface area contributed by atoms with Crippen LogP contribution in [0.2, 0.25) is 0 Å². The van der Waals surface area contributed by atoms with Crippen molar-refractivity contribution in [2.75, 3.05) is 19.8 Å². The van der Waals surface area contributed by atoms with E-state index in [2.05, 4.69) is 54.8 Å². The largest absolute Gasteiger partial charge is 0.480 e. The van der Waals surface area contributed by atoms with Crippen molar-refractivity contribution < 1.29 is 52.6 Å². The van der Waals surface area contributed by atoms with E-state index < -0.39 is 57.2 Å². The fourth-order valence-corrected chi connectivity index (χ4v) is 6.23. The lowest BCUT2D eigenvalue weighted by Gasteiger charge is -2.20. The second kappa shape index (κ2) is 38.6. The zero-order valence-electron chi connectivity index (χ0n) is 35.0. The van der Waals surface area contributed by atoms with E-state index in [9.17, 15) is 28.9 Å². The fraction of sp³-hybridized carbons (Fsp3) is 0.705. The van der Waals surface area contributed by atoms with Gasteiger partial charge in [0.05, 0.1) is 19.3 Å². The normalized spacial score (nSPS) is 14.9. The molecule has 0 aromatic heterocycles. The predicted molar refractivity (Wildman–Crippen MR) is 227 cm³/mol. The highest BCUT2D eigenvalue weighted by molar-refractivity contribution is 7.47. The maximum absolute atomic E-state index is 12.6. The molecule has 0 aromatic carbocycles. The molecule has 0 heterocycles. The molecule has 0 bridgehead atoms. The van der Waals surface area contributed by atoms with Gasteiger partial charge < -0.3 is 30.3 Å². The zero-order chi connectivity index (χ0) is 42.2. The first-order valence-corrected chi connectivity index (χ1v) is 22.9. The molecule has 0 aromatic rings. The fourth-order valence-electron chi connectivity index (χ4n) is 5.45. The van der Waals surface area contributed by atoms with Gasteiger partial charge in [-0.25, -0.2) is 4.57 Å². The van der Waals surface area contributed by atoms with Gasteiger partial charge in [0.25, 0.3) is 0 Å². The number of phosphoric acid groups is 1. The Balaban J connectivity index is 4.47. The Hall–Kier alpha value is -2.86. The topological polar surface area (TPSA) is 192 Å². The second-order valence-corrected chi connectivity index (χ2v) is 15.7. The third kappa shape index (κ3) is 38.4. The summed E-state index contributed by atoms with van der Waals surface area (Å²) in [5.41, 5.74) is 5.32. The van der Waals surface area contributed by atoms with Gasteiger partial charge in [-0.1, -0.05) is 145 Å². The lowest BCUT2D eigenvalue weighted by atomic mass is 10.1. The monoisotopic (exact) mass is 826 g/mol. The molecule has 0 spiro atoms. The van der Waals surface area contributed by atoms with E-state index in [0.717, 1.165) is 83.5 Å². The van der Waals surface area contributed by atoms with Gasteiger partial charge in [0.2, 0.25) is 0 Å². The van der Waals surface area contributed by atoms with Crippen LogP contribution in [-0.2, 0) is 37.5 Å². The number of hydrogen-bond acceptors (Lipinski definition) is 10. The van der Waals surface area contributed by atoms with Crippen LogP contribution in [0, 0.1) is 0 Å². The lowest BCUT2D eigenvalue weighted by Crippen LogP contribution is -2.34. The molecular formula is C44H76NO11P. The Kier molecular flexibility index (Phi) is 36.7. The molecule has 0 saturated heterocycles. The molecule has 0 aliphatic heterocycles. The molecule has 0 aliphatic rings. The first-order chi connectivity index (χ1) is 27.5. The average molecular weight is 826 g/mol. The van der Waals surface area contributed by atoms with E-state index in [4.69, 9.17) is 24.8 Å². The van der Waals surface area contributed by atoms with E-state index in [-0.39, 0.29) is 19.4 Å². The number of carboxylic acid groups (broad SMARTS) is 1. The number of esters is 2. The maximum Gasteiger partial charge on any atom is 0.472 e. The SMILES string of the molecule is CC/C=C/C/C=C/C=C/C(O)CCCCCCCC(=O)OC[C@H](COP(=O)(O)OC[C@H](N)C(=O)O)OC(=O)CCCCCCCCC/C=C\C/C=C\CCCCC. The number of phosphoric ester groups is 1. The van der Waals surface area contributed by atoms with Gasteiger partial charge in [-0.05, 0) is 64.2 Å². The third-order valence-corrected chi connectivity index (χ3v) is 9.80. The number of aliphatic carboxylic acids is 1. The number of hydrogen-bond donors (Lipinski definition) is 4. The van der Waals surface area contributed by atoms with Crippen LogP contribution in [0.4, 0.5) is 0 Å². The average Bonchev–Trinajstić information content (AvgIpc) is 3.18. The number of unbranched alkanes of at least 4 members (excludes halogenated alkanes) is 14. The van der Waals surface area contributed by atoms with E-state index in [0.29, 0.717) is 19.3 Å². The summed E-state index contributed by atoms with van der Waals surface area (Å²) >= 11 is 0. The van der Waals surface area contributed by atoms with Crippen molar-refractivity contribution in [2.24, 2.45) is 5.73 Å². The lowest BCUT2D eigenvalue weighted by molar-refractivity contribution is -0.161. The molecule has 5 N–H and O–H groups in total. The standard InChI is InChI=1S/C44H76NO11P/c1-3-5-7-9-11-12-13-14-15-16-17-18-19-20-22-26-31-35-43(48)56-40(37-54-57(51,52)55-38-41(45)44(49)50)36-53-42(47)34-30-27-23-25-29-33-39(46)32-28-24-21-10-8-6-4-2/h6,8,11-12,14-15,21,24,28,32,39-41,46H,3-5,7,9-10,13,16-20,22-23,25-27,29-31,33-38,45H2,1-2H3,(H,49,50)(H,51,52)/b8-6+,12-11-,15-14-,24-21+,32-28+/t39?,40-,41+/m1/s1. The molecule has 13 heteroatoms. The second-order valence-electron chi connectivity index (χ2n) is 14.3. The first-order valence-electron chi connectivity index (χ1n) is 21.4. The number of aliphatic hydroxyl groups is 1. The third-order valence-electron chi connectivity index (χ3n) is 8.85. The summed E-state index contributed by atoms with van der Waals surface area (Å²) in [6, 6.07) is -1.54. The molecule has 0 radical (unpaired) electrons. The summed E-state index contributed by atoms with van der Waals surface area (Å²) in [5, 5.41) is 19.0. The number of allylic oxidation sites excluding steroid dienone is 9. The van der Waals surface area contributed by atoms with Gasteiger partial charge in [0, 0.05) is 12.8 Å². The van der Waals surface area contributed by atoms with Crippen molar-refractivity contribution in [3.05, 3.63) is 60.8 Å². The van der Waals surface area contributed by atoms with Crippen molar-refractivity contribution in [2.45, 2.75) is 180 Å². The summed E-state index contributed by atoms with van der Waals surface area (Å²) in [6.45, 7) is 2.53. The molecule has 0 amide bonds. The molecule has 0 rings (SSSR count). The minimum atomic E-state index is -4.74. The highest BCUT2D eigenvalue weighted by Gasteiger charge is 2.28. The molecule has 328 valence electrons. The van der Waals surface area contributed by atoms with Crippen LogP contribution in [-0.4, -0.2) is 71.1 Å². The van der Waals surface area contributed by atoms with Crippen LogP contribution in [0.25, 0.3) is 0 Å². The Bertz CT molecular complexity index is 1220. The molecule has 57 heavy (non-hydrogen) atoms. The summed E-state index contributed by atoms with van der Waals surface area (Å²) in [7, 11) is -4.74. The van der Waals surface area contributed by atoms with Crippen molar-refractivity contribution in [3.8, 4) is 0 Å². The number of aliphatic hydroxyl groups excluding tert-OH is 1. The van der Waals surface area contributed by atoms with Crippen LogP contribution in [0.5, 0.6) is 0 Å². The number of ether oxygens (including phenoxy) is 2. The minimum Gasteiger partial charge on any atom is -0.480 e. The minimum absolute atomic E-state index is 0.129. The summed E-state index contributed by atoms with van der Waals surface area (Å²) in [6.07, 6.45) is 40.2. The number of carbonyl (C=O) groups is 3. The number of rotatable bonds is 39. The Morgan fingerprint density at radius 1 is 0.649 bits per heavy atom. The number of nitrogens with two attached hydrogens (primary N) is 1. The van der Waals surface area contributed by atoms with Gasteiger partial charge in [-0.3, -0.25) is 23.4 Å². The van der Waals surface area contributed by atoms with E-state index in [1.165, 1.54) is 32.1 Å². The molecule has 2 unspecified atom stereocenters. The number of carboxylic acids is 1. The number of carbonyl (C=O) groups excluding carboxylic acids is 2. The molecule has 0 fully saturated rings. The van der Waals surface area contributed by atoms with Gasteiger partial charge in [0.1, 0.15) is 12.6 Å². The summed E-state index contributed by atoms with van der Waals surface area (Å²) in [5.74, 6) is -2.48. The molecule has 12 nitrogen and oxygen atoms in total. The van der Waals surface area contributed by atoms with Crippen molar-refractivity contribution in [1.82, 2.24) is 0 Å². The first kappa shape index (κ1) is 54.1. The van der Waals surface area contributed by atoms with Crippen LogP contribution in [0.15, 0.2) is 60.8 Å².